The number of ether oxygens (including phenoxy) is 1. The fraction of sp³-hybridized carbons (Fsp3) is 0.0714. The Morgan fingerprint density at radius 1 is 1.25 bits per heavy atom. The molecule has 104 valence electrons. The molecule has 1 amide bonds. The van der Waals surface area contributed by atoms with Crippen molar-refractivity contribution in [1.82, 2.24) is 0 Å². The van der Waals surface area contributed by atoms with Crippen molar-refractivity contribution in [2.45, 2.75) is 0 Å². The number of carbonyl (C=O) groups is 1. The molecule has 2 aromatic rings. The molecule has 0 atom stereocenters. The maximum Gasteiger partial charge on any atom is 0.257 e. The van der Waals surface area contributed by atoms with Gasteiger partial charge in [0.05, 0.1) is 34.1 Å². The van der Waals surface area contributed by atoms with Crippen LogP contribution in [-0.4, -0.2) is 13.0 Å². The zero-order valence-electron chi connectivity index (χ0n) is 10.6. The summed E-state index contributed by atoms with van der Waals surface area (Å²) in [5, 5.41) is 3.21. The van der Waals surface area contributed by atoms with E-state index in [1.54, 1.807) is 43.5 Å². The molecule has 2 aromatic carbocycles. The second-order valence-electron chi connectivity index (χ2n) is 4.01. The van der Waals surface area contributed by atoms with Crippen LogP contribution in [-0.2, 0) is 0 Å². The van der Waals surface area contributed by atoms with Crippen molar-refractivity contribution < 1.29 is 9.53 Å². The van der Waals surface area contributed by atoms with Crippen LogP contribution in [0.5, 0.6) is 5.75 Å². The highest BCUT2D eigenvalue weighted by Crippen LogP contribution is 2.28. The number of nitrogens with two attached hydrogens (primary N) is 1. The quantitative estimate of drug-likeness (QED) is 0.847. The molecule has 0 unspecified atom stereocenters. The molecule has 0 radical (unpaired) electrons. The summed E-state index contributed by atoms with van der Waals surface area (Å²) in [4.78, 5) is 12.2. The van der Waals surface area contributed by atoms with E-state index < -0.39 is 0 Å². The van der Waals surface area contributed by atoms with E-state index in [-0.39, 0.29) is 16.5 Å². The van der Waals surface area contributed by atoms with Crippen molar-refractivity contribution >= 4 is 40.5 Å². The highest BCUT2D eigenvalue weighted by atomic mass is 35.5. The van der Waals surface area contributed by atoms with Gasteiger partial charge in [-0.3, -0.25) is 4.79 Å². The van der Waals surface area contributed by atoms with Crippen LogP contribution in [0.2, 0.25) is 10.0 Å². The zero-order chi connectivity index (χ0) is 14.7. The first-order valence-electron chi connectivity index (χ1n) is 5.72. The van der Waals surface area contributed by atoms with Crippen molar-refractivity contribution in [3.8, 4) is 5.75 Å². The number of hydrogen-bond acceptors (Lipinski definition) is 3. The van der Waals surface area contributed by atoms with Crippen molar-refractivity contribution in [2.24, 2.45) is 0 Å². The molecule has 3 N–H and O–H groups in total. The Hall–Kier alpha value is -1.91. The lowest BCUT2D eigenvalue weighted by molar-refractivity contribution is 0.102. The Morgan fingerprint density at radius 3 is 2.65 bits per heavy atom. The Labute approximate surface area is 126 Å². The fourth-order valence-electron chi connectivity index (χ4n) is 1.65. The number of nitrogen functional groups attached to an aromatic ring is 1. The standard InChI is InChI=1S/C14H12Cl2N2O2/c1-20-8-5-6-12(11(17)7-8)18-14(19)9-3-2-4-10(15)13(9)16/h2-7H,17H2,1H3,(H,18,19). The summed E-state index contributed by atoms with van der Waals surface area (Å²) in [6, 6.07) is 9.83. The monoisotopic (exact) mass is 310 g/mol. The average molecular weight is 311 g/mol. The minimum absolute atomic E-state index is 0.207. The summed E-state index contributed by atoms with van der Waals surface area (Å²) in [6.45, 7) is 0. The van der Waals surface area contributed by atoms with Crippen LogP contribution in [0.1, 0.15) is 10.4 Å². The van der Waals surface area contributed by atoms with Crippen LogP contribution in [0.4, 0.5) is 11.4 Å². The molecule has 0 heterocycles. The minimum atomic E-state index is -0.380. The Bertz CT molecular complexity index is 660. The third kappa shape index (κ3) is 2.98. The van der Waals surface area contributed by atoms with Gasteiger partial charge in [0.1, 0.15) is 5.75 Å². The molecule has 0 aliphatic carbocycles. The summed E-state index contributed by atoms with van der Waals surface area (Å²) in [7, 11) is 1.54. The largest absolute Gasteiger partial charge is 0.497 e. The minimum Gasteiger partial charge on any atom is -0.497 e. The van der Waals surface area contributed by atoms with E-state index in [4.69, 9.17) is 33.7 Å². The number of nitrogens with one attached hydrogen (secondary N) is 1. The highest BCUT2D eigenvalue weighted by molar-refractivity contribution is 6.44. The molecule has 20 heavy (non-hydrogen) atoms. The van der Waals surface area contributed by atoms with Gasteiger partial charge in [-0.15, -0.1) is 0 Å². The average Bonchev–Trinajstić information content (AvgIpc) is 2.44. The molecular weight excluding hydrogens is 299 g/mol. The zero-order valence-corrected chi connectivity index (χ0v) is 12.1. The van der Waals surface area contributed by atoms with Gasteiger partial charge >= 0.3 is 0 Å². The Morgan fingerprint density at radius 2 is 2.00 bits per heavy atom. The number of amides is 1. The number of benzene rings is 2. The first-order chi connectivity index (χ1) is 9.52. The van der Waals surface area contributed by atoms with Gasteiger partial charge in [0.2, 0.25) is 0 Å². The van der Waals surface area contributed by atoms with E-state index in [0.717, 1.165) is 0 Å². The fourth-order valence-corrected chi connectivity index (χ4v) is 2.04. The van der Waals surface area contributed by atoms with Gasteiger partial charge in [-0.25, -0.2) is 0 Å². The summed E-state index contributed by atoms with van der Waals surface area (Å²) >= 11 is 11.9. The van der Waals surface area contributed by atoms with E-state index in [1.807, 2.05) is 0 Å². The van der Waals surface area contributed by atoms with Gasteiger partial charge in [-0.05, 0) is 24.3 Å². The second kappa shape index (κ2) is 6.03. The van der Waals surface area contributed by atoms with Gasteiger partial charge < -0.3 is 15.8 Å². The Balaban J connectivity index is 2.26. The molecule has 2 rings (SSSR count). The molecule has 0 aliphatic heterocycles. The molecular formula is C14H12Cl2N2O2. The lowest BCUT2D eigenvalue weighted by Gasteiger charge is -2.10. The van der Waals surface area contributed by atoms with Crippen molar-refractivity contribution in [3.63, 3.8) is 0 Å². The van der Waals surface area contributed by atoms with Crippen LogP contribution < -0.4 is 15.8 Å². The van der Waals surface area contributed by atoms with Crippen LogP contribution >= 0.6 is 23.2 Å². The second-order valence-corrected chi connectivity index (χ2v) is 4.79. The summed E-state index contributed by atoms with van der Waals surface area (Å²) in [5.74, 6) is 0.232. The van der Waals surface area contributed by atoms with Crippen LogP contribution in [0.25, 0.3) is 0 Å². The molecule has 0 saturated heterocycles. The third-order valence-electron chi connectivity index (χ3n) is 2.70. The van der Waals surface area contributed by atoms with E-state index in [9.17, 15) is 4.79 Å². The Kier molecular flexibility index (Phi) is 4.37. The number of carbonyl (C=O) groups excluding carboxylic acids is 1. The van der Waals surface area contributed by atoms with Gasteiger partial charge in [-0.1, -0.05) is 29.3 Å². The molecule has 6 heteroatoms. The highest BCUT2D eigenvalue weighted by Gasteiger charge is 2.14. The van der Waals surface area contributed by atoms with Crippen LogP contribution in [0.3, 0.4) is 0 Å². The first-order valence-corrected chi connectivity index (χ1v) is 6.47. The van der Waals surface area contributed by atoms with Crippen LogP contribution in [0.15, 0.2) is 36.4 Å². The lowest BCUT2D eigenvalue weighted by Crippen LogP contribution is -2.13. The maximum atomic E-state index is 12.2. The molecule has 0 saturated carbocycles. The van der Waals surface area contributed by atoms with E-state index in [2.05, 4.69) is 5.32 Å². The summed E-state index contributed by atoms with van der Waals surface area (Å²) in [6.07, 6.45) is 0. The topological polar surface area (TPSA) is 64.3 Å². The predicted octanol–water partition coefficient (Wildman–Crippen LogP) is 3.84. The number of anilines is 2. The number of rotatable bonds is 3. The lowest BCUT2D eigenvalue weighted by atomic mass is 10.2. The first kappa shape index (κ1) is 14.5. The number of halogens is 2. The number of methoxy groups -OCH3 is 1. The van der Waals surface area contributed by atoms with Gasteiger partial charge in [0.15, 0.2) is 0 Å². The van der Waals surface area contributed by atoms with Crippen molar-refractivity contribution in [1.29, 1.82) is 0 Å². The van der Waals surface area contributed by atoms with Crippen molar-refractivity contribution in [3.05, 3.63) is 52.0 Å². The van der Waals surface area contributed by atoms with E-state index in [0.29, 0.717) is 22.1 Å². The third-order valence-corrected chi connectivity index (χ3v) is 3.52. The van der Waals surface area contributed by atoms with E-state index in [1.165, 1.54) is 0 Å². The summed E-state index contributed by atoms with van der Waals surface area (Å²) < 4.78 is 5.04. The predicted molar refractivity (Wildman–Crippen MR) is 81.8 cm³/mol. The number of hydrogen-bond donors (Lipinski definition) is 2. The van der Waals surface area contributed by atoms with Gasteiger partial charge in [0.25, 0.3) is 5.91 Å². The molecule has 4 nitrogen and oxygen atoms in total. The normalized spacial score (nSPS) is 10.2. The smallest absolute Gasteiger partial charge is 0.257 e. The van der Waals surface area contributed by atoms with E-state index >= 15 is 0 Å². The van der Waals surface area contributed by atoms with Crippen molar-refractivity contribution in [2.75, 3.05) is 18.2 Å². The maximum absolute atomic E-state index is 12.2. The molecule has 0 fully saturated rings. The molecule has 0 bridgehead atoms. The SMILES string of the molecule is COc1ccc(NC(=O)c2cccc(Cl)c2Cl)c(N)c1. The summed E-state index contributed by atoms with van der Waals surface area (Å²) in [5.41, 5.74) is 7.00. The molecule has 0 spiro atoms. The van der Waals surface area contributed by atoms with Gasteiger partial charge in [0, 0.05) is 6.07 Å². The van der Waals surface area contributed by atoms with Gasteiger partial charge in [-0.2, -0.15) is 0 Å². The van der Waals surface area contributed by atoms with Crippen LogP contribution in [0, 0.1) is 0 Å². The molecule has 0 aromatic heterocycles. The molecule has 0 aliphatic rings.